The maximum Gasteiger partial charge on any atom is 0.417 e. The first-order chi connectivity index (χ1) is 20.4. The van der Waals surface area contributed by atoms with Gasteiger partial charge in [0.2, 0.25) is 11.8 Å². The topological polar surface area (TPSA) is 137 Å². The van der Waals surface area contributed by atoms with Crippen molar-refractivity contribution in [1.82, 2.24) is 4.98 Å². The SMILES string of the molecule is N#CC1(C2(C(N)=O)CCCCC2c2oc(-c3ccccc3C(F)(F)F)nc2-c2ccc(N3CCS(O)(O)CC3)cc2)CC1. The molecule has 3 aliphatic rings. The molecular formula is C31H33F3N4O4S. The second-order valence-corrected chi connectivity index (χ2v) is 14.3. The van der Waals surface area contributed by atoms with Crippen molar-refractivity contribution in [3.63, 3.8) is 0 Å². The summed E-state index contributed by atoms with van der Waals surface area (Å²) in [5.41, 5.74) is 4.58. The molecule has 6 rings (SSSR count). The van der Waals surface area contributed by atoms with Gasteiger partial charge in [-0.2, -0.15) is 29.0 Å². The highest BCUT2D eigenvalue weighted by Gasteiger charge is 2.68. The van der Waals surface area contributed by atoms with Gasteiger partial charge >= 0.3 is 6.18 Å². The van der Waals surface area contributed by atoms with Gasteiger partial charge in [-0.1, -0.05) is 37.1 Å². The predicted octanol–water partition coefficient (Wildman–Crippen LogP) is 7.03. The Balaban J connectivity index is 1.48. The average Bonchev–Trinajstić information content (AvgIpc) is 3.68. The zero-order valence-corrected chi connectivity index (χ0v) is 24.3. The molecule has 1 aliphatic heterocycles. The number of carbonyl (C=O) groups excluding carboxylic acids is 1. The molecule has 228 valence electrons. The summed E-state index contributed by atoms with van der Waals surface area (Å²) in [5.74, 6) is -0.617. The van der Waals surface area contributed by atoms with Gasteiger partial charge in [-0.15, -0.1) is 0 Å². The van der Waals surface area contributed by atoms with Gasteiger partial charge in [-0.3, -0.25) is 13.9 Å². The Bertz CT molecular complexity index is 1570. The number of nitrogens with two attached hydrogens (primary N) is 1. The molecule has 2 heterocycles. The lowest BCUT2D eigenvalue weighted by Crippen LogP contribution is -2.50. The van der Waals surface area contributed by atoms with Gasteiger partial charge in [0.15, 0.2) is 0 Å². The van der Waals surface area contributed by atoms with Crippen molar-refractivity contribution in [3.8, 4) is 28.8 Å². The summed E-state index contributed by atoms with van der Waals surface area (Å²) >= 11 is 0. The van der Waals surface area contributed by atoms with E-state index in [0.29, 0.717) is 56.5 Å². The average molecular weight is 615 g/mol. The smallest absolute Gasteiger partial charge is 0.417 e. The van der Waals surface area contributed by atoms with Crippen molar-refractivity contribution >= 4 is 22.2 Å². The van der Waals surface area contributed by atoms with E-state index in [1.165, 1.54) is 18.2 Å². The number of nitrogens with zero attached hydrogens (tertiary/aromatic N) is 3. The third-order valence-corrected chi connectivity index (χ3v) is 11.2. The van der Waals surface area contributed by atoms with Crippen LogP contribution in [0.4, 0.5) is 18.9 Å². The number of oxazole rings is 1. The summed E-state index contributed by atoms with van der Waals surface area (Å²) in [6, 6.07) is 14.8. The highest BCUT2D eigenvalue weighted by atomic mass is 32.3. The molecule has 2 aliphatic carbocycles. The van der Waals surface area contributed by atoms with Crippen molar-refractivity contribution in [2.24, 2.45) is 16.6 Å². The maximum absolute atomic E-state index is 14.0. The quantitative estimate of drug-likeness (QED) is 0.271. The number of anilines is 1. The molecule has 1 aromatic heterocycles. The molecule has 0 radical (unpaired) electrons. The van der Waals surface area contributed by atoms with E-state index >= 15 is 0 Å². The van der Waals surface area contributed by atoms with Crippen LogP contribution in [0.5, 0.6) is 0 Å². The fraction of sp³-hybridized carbons (Fsp3) is 0.452. The second-order valence-electron chi connectivity index (χ2n) is 11.8. The summed E-state index contributed by atoms with van der Waals surface area (Å²) < 4.78 is 68.3. The van der Waals surface area contributed by atoms with E-state index in [4.69, 9.17) is 10.2 Å². The van der Waals surface area contributed by atoms with E-state index < -0.39 is 45.0 Å². The Kier molecular flexibility index (Phi) is 7.26. The highest BCUT2D eigenvalue weighted by molar-refractivity contribution is 8.24. The third kappa shape index (κ3) is 5.07. The van der Waals surface area contributed by atoms with E-state index in [0.717, 1.165) is 18.2 Å². The molecule has 3 fully saturated rings. The van der Waals surface area contributed by atoms with E-state index in [1.54, 1.807) is 12.1 Å². The Morgan fingerprint density at radius 2 is 1.74 bits per heavy atom. The Labute approximate surface area is 249 Å². The number of primary amides is 1. The van der Waals surface area contributed by atoms with Crippen molar-refractivity contribution in [1.29, 1.82) is 5.26 Å². The minimum Gasteiger partial charge on any atom is -0.440 e. The number of carbonyl (C=O) groups is 1. The van der Waals surface area contributed by atoms with Crippen LogP contribution in [0, 0.1) is 22.2 Å². The lowest BCUT2D eigenvalue weighted by molar-refractivity contribution is -0.137. The summed E-state index contributed by atoms with van der Waals surface area (Å²) in [5, 5.41) is 10.2. The van der Waals surface area contributed by atoms with Crippen LogP contribution in [0.15, 0.2) is 52.9 Å². The first kappa shape index (κ1) is 29.5. The first-order valence-electron chi connectivity index (χ1n) is 14.4. The molecule has 2 saturated carbocycles. The van der Waals surface area contributed by atoms with E-state index in [1.807, 2.05) is 17.0 Å². The fourth-order valence-electron chi connectivity index (χ4n) is 7.04. The van der Waals surface area contributed by atoms with Crippen LogP contribution in [0.1, 0.15) is 55.8 Å². The van der Waals surface area contributed by atoms with Gasteiger partial charge in [0.1, 0.15) is 11.5 Å². The normalized spacial score (nSPS) is 25.5. The molecule has 3 aromatic rings. The van der Waals surface area contributed by atoms with Gasteiger partial charge in [-0.05, 0) is 49.9 Å². The number of hydrogen-bond donors (Lipinski definition) is 3. The highest BCUT2D eigenvalue weighted by Crippen LogP contribution is 2.68. The van der Waals surface area contributed by atoms with Crippen LogP contribution in [0.3, 0.4) is 0 Å². The minimum atomic E-state index is -4.65. The Morgan fingerprint density at radius 1 is 1.07 bits per heavy atom. The predicted molar refractivity (Wildman–Crippen MR) is 157 cm³/mol. The molecule has 8 nitrogen and oxygen atoms in total. The molecule has 4 N–H and O–H groups in total. The van der Waals surface area contributed by atoms with Crippen molar-refractivity contribution in [2.75, 3.05) is 29.5 Å². The lowest BCUT2D eigenvalue weighted by Gasteiger charge is -2.44. The van der Waals surface area contributed by atoms with Crippen molar-refractivity contribution in [3.05, 3.63) is 59.9 Å². The van der Waals surface area contributed by atoms with Gasteiger partial charge < -0.3 is 15.1 Å². The summed E-state index contributed by atoms with van der Waals surface area (Å²) in [7, 11) is -2.56. The zero-order chi connectivity index (χ0) is 30.6. The summed E-state index contributed by atoms with van der Waals surface area (Å²) in [6.07, 6.45) is -1.30. The monoisotopic (exact) mass is 614 g/mol. The van der Waals surface area contributed by atoms with Crippen molar-refractivity contribution in [2.45, 2.75) is 50.6 Å². The second kappa shape index (κ2) is 10.6. The number of hydrogen-bond acceptors (Lipinski definition) is 7. The summed E-state index contributed by atoms with van der Waals surface area (Å²) in [4.78, 5) is 20.0. The molecular weight excluding hydrogens is 581 g/mol. The number of alkyl halides is 3. The van der Waals surface area contributed by atoms with Crippen LogP contribution in [-0.2, 0) is 11.0 Å². The van der Waals surface area contributed by atoms with E-state index in [9.17, 15) is 32.3 Å². The van der Waals surface area contributed by atoms with E-state index in [2.05, 4.69) is 11.1 Å². The molecule has 0 spiro atoms. The van der Waals surface area contributed by atoms with Crippen LogP contribution < -0.4 is 10.6 Å². The van der Waals surface area contributed by atoms with Gasteiger partial charge in [0.25, 0.3) is 0 Å². The molecule has 2 aromatic carbocycles. The Morgan fingerprint density at radius 3 is 2.35 bits per heavy atom. The fourth-order valence-corrected chi connectivity index (χ4v) is 8.27. The number of halogens is 3. The van der Waals surface area contributed by atoms with Gasteiger partial charge in [0, 0.05) is 35.8 Å². The molecule has 0 bridgehead atoms. The number of rotatable bonds is 6. The van der Waals surface area contributed by atoms with Crippen LogP contribution >= 0.6 is 10.6 Å². The number of amides is 1. The molecule has 2 atom stereocenters. The largest absolute Gasteiger partial charge is 0.440 e. The maximum atomic E-state index is 14.0. The number of aromatic nitrogens is 1. The molecule has 43 heavy (non-hydrogen) atoms. The standard InChI is InChI=1S/C31H33F3N4O4S/c32-31(33,34)23-6-2-1-5-22(23)27-37-25(20-8-10-21(11-9-20)38-15-17-43(40,41)18-16-38)26(42-27)24-7-3-4-12-30(24,28(36)39)29(19-35)13-14-29/h1-2,5-6,8-11,24,40-41H,3-4,7,12-18H2,(H2,36,39). The molecule has 2 unspecified atom stereocenters. The number of benzene rings is 2. The van der Waals surface area contributed by atoms with Crippen LogP contribution in [0.2, 0.25) is 0 Å². The van der Waals surface area contributed by atoms with Gasteiger partial charge in [-0.25, -0.2) is 4.98 Å². The Hall–Kier alpha value is -3.53. The molecule has 1 saturated heterocycles. The van der Waals surface area contributed by atoms with E-state index in [-0.39, 0.29) is 28.7 Å². The zero-order valence-electron chi connectivity index (χ0n) is 23.4. The first-order valence-corrected chi connectivity index (χ1v) is 16.3. The van der Waals surface area contributed by atoms with Crippen LogP contribution in [-0.4, -0.2) is 44.6 Å². The van der Waals surface area contributed by atoms with Gasteiger partial charge in [0.05, 0.1) is 34.0 Å². The van der Waals surface area contributed by atoms with Crippen molar-refractivity contribution < 1.29 is 31.5 Å². The van der Waals surface area contributed by atoms with Crippen LogP contribution in [0.25, 0.3) is 22.7 Å². The number of nitriles is 1. The molecule has 1 amide bonds. The summed E-state index contributed by atoms with van der Waals surface area (Å²) in [6.45, 7) is 0.962. The lowest BCUT2D eigenvalue weighted by atomic mass is 9.56. The minimum absolute atomic E-state index is 0.214. The third-order valence-electron chi connectivity index (χ3n) is 9.48. The molecule has 12 heteroatoms.